The molecule has 0 unspecified atom stereocenters. The molecule has 2 rings (SSSR count). The molecule has 0 saturated carbocycles. The first kappa shape index (κ1) is 10.6. The number of rotatable bonds is 2. The number of aryl methyl sites for hydroxylation is 1. The molecule has 0 bridgehead atoms. The van der Waals surface area contributed by atoms with E-state index in [2.05, 4.69) is 22.0 Å². The predicted molar refractivity (Wildman–Crippen MR) is 59.7 cm³/mol. The van der Waals surface area contributed by atoms with Gasteiger partial charge in [-0.05, 0) is 25.0 Å². The van der Waals surface area contributed by atoms with Crippen molar-refractivity contribution in [2.75, 3.05) is 26.3 Å². The minimum absolute atomic E-state index is 0.860. The molecular weight excluding hydrogens is 188 g/mol. The molecule has 0 radical (unpaired) electrons. The molecule has 15 heavy (non-hydrogen) atoms. The Labute approximate surface area is 91.1 Å². The van der Waals surface area contributed by atoms with E-state index in [1.807, 2.05) is 13.1 Å². The fraction of sp³-hybridized carbons (Fsp3) is 0.583. The smallest absolute Gasteiger partial charge is 0.0593 e. The molecule has 0 aliphatic carbocycles. The second-order valence-electron chi connectivity index (χ2n) is 4.05. The highest BCUT2D eigenvalue weighted by Crippen LogP contribution is 2.07. The van der Waals surface area contributed by atoms with Gasteiger partial charge in [0.15, 0.2) is 0 Å². The third-order valence-electron chi connectivity index (χ3n) is 2.69. The van der Waals surface area contributed by atoms with Crippen LogP contribution in [0.1, 0.15) is 17.7 Å². The van der Waals surface area contributed by atoms with Gasteiger partial charge in [-0.1, -0.05) is 6.07 Å². The lowest BCUT2D eigenvalue weighted by molar-refractivity contribution is 0.140. The first-order valence-corrected chi connectivity index (χ1v) is 5.56. The molecule has 82 valence electrons. The molecule has 1 aliphatic rings. The molecule has 2 heterocycles. The number of hydrogen-bond acceptors (Lipinski definition) is 3. The largest absolute Gasteiger partial charge is 0.380 e. The monoisotopic (exact) mass is 206 g/mol. The Bertz CT molecular complexity index is 289. The van der Waals surface area contributed by atoms with Crippen LogP contribution in [0.25, 0.3) is 0 Å². The van der Waals surface area contributed by atoms with Crippen molar-refractivity contribution in [3.8, 4) is 0 Å². The van der Waals surface area contributed by atoms with E-state index in [0.717, 1.165) is 45.0 Å². The Hall–Kier alpha value is -0.930. The summed E-state index contributed by atoms with van der Waals surface area (Å²) in [6, 6.07) is 4.23. The minimum Gasteiger partial charge on any atom is -0.380 e. The van der Waals surface area contributed by atoms with Crippen molar-refractivity contribution < 1.29 is 4.74 Å². The van der Waals surface area contributed by atoms with E-state index in [1.165, 1.54) is 5.56 Å². The molecule has 1 aliphatic heterocycles. The van der Waals surface area contributed by atoms with Crippen LogP contribution < -0.4 is 0 Å². The maximum Gasteiger partial charge on any atom is 0.0593 e. The summed E-state index contributed by atoms with van der Waals surface area (Å²) in [5, 5.41) is 0. The first-order valence-electron chi connectivity index (χ1n) is 5.56. The molecule has 1 fully saturated rings. The van der Waals surface area contributed by atoms with Gasteiger partial charge in [-0.2, -0.15) is 0 Å². The summed E-state index contributed by atoms with van der Waals surface area (Å²) in [5.74, 6) is 0. The number of nitrogens with zero attached hydrogens (tertiary/aromatic N) is 2. The summed E-state index contributed by atoms with van der Waals surface area (Å²) in [5.41, 5.74) is 2.38. The Morgan fingerprint density at radius 3 is 3.07 bits per heavy atom. The van der Waals surface area contributed by atoms with E-state index < -0.39 is 0 Å². The average molecular weight is 206 g/mol. The van der Waals surface area contributed by atoms with Gasteiger partial charge in [0.1, 0.15) is 0 Å². The Morgan fingerprint density at radius 1 is 1.33 bits per heavy atom. The SMILES string of the molecule is Cc1ccc(CN2CCCOCC2)cn1. The van der Waals surface area contributed by atoms with Gasteiger partial charge in [0.25, 0.3) is 0 Å². The molecule has 3 nitrogen and oxygen atoms in total. The van der Waals surface area contributed by atoms with Crippen molar-refractivity contribution >= 4 is 0 Å². The highest BCUT2D eigenvalue weighted by atomic mass is 16.5. The summed E-state index contributed by atoms with van der Waals surface area (Å²) in [4.78, 5) is 6.74. The Kier molecular flexibility index (Phi) is 3.69. The van der Waals surface area contributed by atoms with Crippen LogP contribution in [0, 0.1) is 6.92 Å². The number of ether oxygens (including phenoxy) is 1. The van der Waals surface area contributed by atoms with E-state index in [-0.39, 0.29) is 0 Å². The van der Waals surface area contributed by atoms with E-state index in [1.54, 1.807) is 0 Å². The predicted octanol–water partition coefficient (Wildman–Crippen LogP) is 1.61. The van der Waals surface area contributed by atoms with Crippen molar-refractivity contribution in [1.29, 1.82) is 0 Å². The zero-order chi connectivity index (χ0) is 10.5. The van der Waals surface area contributed by atoms with Gasteiger partial charge in [-0.15, -0.1) is 0 Å². The van der Waals surface area contributed by atoms with Gasteiger partial charge < -0.3 is 4.74 Å². The van der Waals surface area contributed by atoms with Crippen LogP contribution in [0.15, 0.2) is 18.3 Å². The molecule has 0 aromatic carbocycles. The quantitative estimate of drug-likeness (QED) is 0.735. The van der Waals surface area contributed by atoms with Gasteiger partial charge in [-0.25, -0.2) is 0 Å². The Balaban J connectivity index is 1.92. The fourth-order valence-electron chi connectivity index (χ4n) is 1.81. The van der Waals surface area contributed by atoms with Gasteiger partial charge in [-0.3, -0.25) is 9.88 Å². The third-order valence-corrected chi connectivity index (χ3v) is 2.69. The molecular formula is C12H18N2O. The zero-order valence-electron chi connectivity index (χ0n) is 9.28. The van der Waals surface area contributed by atoms with E-state index in [0.29, 0.717) is 0 Å². The average Bonchev–Trinajstić information content (AvgIpc) is 2.50. The van der Waals surface area contributed by atoms with Crippen molar-refractivity contribution in [1.82, 2.24) is 9.88 Å². The lowest BCUT2D eigenvalue weighted by atomic mass is 10.2. The van der Waals surface area contributed by atoms with Gasteiger partial charge in [0.2, 0.25) is 0 Å². The van der Waals surface area contributed by atoms with Crippen LogP contribution in [-0.2, 0) is 11.3 Å². The summed E-state index contributed by atoms with van der Waals surface area (Å²) < 4.78 is 5.42. The molecule has 0 amide bonds. The van der Waals surface area contributed by atoms with Crippen molar-refractivity contribution in [2.45, 2.75) is 19.9 Å². The number of pyridine rings is 1. The van der Waals surface area contributed by atoms with Crippen LogP contribution in [0.2, 0.25) is 0 Å². The lowest BCUT2D eigenvalue weighted by Gasteiger charge is -2.18. The second-order valence-corrected chi connectivity index (χ2v) is 4.05. The van der Waals surface area contributed by atoms with Gasteiger partial charge in [0.05, 0.1) is 6.61 Å². The van der Waals surface area contributed by atoms with E-state index in [9.17, 15) is 0 Å². The highest BCUT2D eigenvalue weighted by Gasteiger charge is 2.09. The second kappa shape index (κ2) is 5.24. The molecule has 0 atom stereocenters. The standard InChI is InChI=1S/C12H18N2O/c1-11-3-4-12(9-13-11)10-14-5-2-7-15-8-6-14/h3-4,9H,2,5-8,10H2,1H3. The third kappa shape index (κ3) is 3.29. The first-order chi connectivity index (χ1) is 7.34. The van der Waals surface area contributed by atoms with Crippen molar-refractivity contribution in [2.24, 2.45) is 0 Å². The maximum absolute atomic E-state index is 5.42. The van der Waals surface area contributed by atoms with E-state index >= 15 is 0 Å². The zero-order valence-corrected chi connectivity index (χ0v) is 9.28. The van der Waals surface area contributed by atoms with Crippen molar-refractivity contribution in [3.05, 3.63) is 29.6 Å². The van der Waals surface area contributed by atoms with Gasteiger partial charge in [0, 0.05) is 38.1 Å². The van der Waals surface area contributed by atoms with Crippen LogP contribution in [0.5, 0.6) is 0 Å². The van der Waals surface area contributed by atoms with Crippen LogP contribution in [0.3, 0.4) is 0 Å². The summed E-state index contributed by atoms with van der Waals surface area (Å²) in [6.45, 7) is 6.95. The Morgan fingerprint density at radius 2 is 2.27 bits per heavy atom. The topological polar surface area (TPSA) is 25.4 Å². The molecule has 1 aromatic rings. The normalized spacial score (nSPS) is 18.7. The molecule has 0 spiro atoms. The number of hydrogen-bond donors (Lipinski definition) is 0. The number of aromatic nitrogens is 1. The maximum atomic E-state index is 5.42. The summed E-state index contributed by atoms with van der Waals surface area (Å²) in [7, 11) is 0. The summed E-state index contributed by atoms with van der Waals surface area (Å²) in [6.07, 6.45) is 3.11. The minimum atomic E-state index is 0.860. The fourth-order valence-corrected chi connectivity index (χ4v) is 1.81. The summed E-state index contributed by atoms with van der Waals surface area (Å²) >= 11 is 0. The molecule has 1 saturated heterocycles. The molecule has 3 heteroatoms. The van der Waals surface area contributed by atoms with Crippen molar-refractivity contribution in [3.63, 3.8) is 0 Å². The highest BCUT2D eigenvalue weighted by molar-refractivity contribution is 5.12. The van der Waals surface area contributed by atoms with Crippen LogP contribution >= 0.6 is 0 Å². The van der Waals surface area contributed by atoms with E-state index in [4.69, 9.17) is 4.74 Å². The van der Waals surface area contributed by atoms with Crippen LogP contribution in [0.4, 0.5) is 0 Å². The molecule has 0 N–H and O–H groups in total. The lowest BCUT2D eigenvalue weighted by Crippen LogP contribution is -2.25. The molecule has 1 aromatic heterocycles. The van der Waals surface area contributed by atoms with Gasteiger partial charge >= 0.3 is 0 Å². The van der Waals surface area contributed by atoms with Crippen LogP contribution in [-0.4, -0.2) is 36.2 Å².